The quantitative estimate of drug-likeness (QED) is 0.774. The Morgan fingerprint density at radius 3 is 2.40 bits per heavy atom. The predicted octanol–water partition coefficient (Wildman–Crippen LogP) is 2.55. The van der Waals surface area contributed by atoms with Gasteiger partial charge >= 0.3 is 0 Å². The van der Waals surface area contributed by atoms with E-state index in [2.05, 4.69) is 36.5 Å². The molecule has 0 bridgehead atoms. The maximum atomic E-state index is 5.05. The number of nitrogens with one attached hydrogen (secondary N) is 1. The highest BCUT2D eigenvalue weighted by Crippen LogP contribution is 2.16. The van der Waals surface area contributed by atoms with E-state index in [1.807, 2.05) is 7.05 Å². The van der Waals surface area contributed by atoms with E-state index < -0.39 is 0 Å². The molecule has 0 saturated heterocycles. The molecule has 0 aromatic heterocycles. The third kappa shape index (κ3) is 3.65. The molecule has 0 amide bonds. The summed E-state index contributed by atoms with van der Waals surface area (Å²) < 4.78 is 5.05. The fourth-order valence-corrected chi connectivity index (χ4v) is 1.74. The van der Waals surface area contributed by atoms with E-state index in [0.717, 1.165) is 19.4 Å². The van der Waals surface area contributed by atoms with Crippen LogP contribution >= 0.6 is 0 Å². The largest absolute Gasteiger partial charge is 0.384 e. The lowest BCUT2D eigenvalue weighted by atomic mass is 10.0. The van der Waals surface area contributed by atoms with Crippen LogP contribution in [0.1, 0.15) is 30.5 Å². The lowest BCUT2D eigenvalue weighted by Gasteiger charge is -2.14. The first-order valence-electron chi connectivity index (χ1n) is 5.56. The molecule has 84 valence electrons. The van der Waals surface area contributed by atoms with Gasteiger partial charge in [-0.05, 0) is 31.0 Å². The first-order chi connectivity index (χ1) is 7.31. The number of hydrogen-bond donors (Lipinski definition) is 1. The van der Waals surface area contributed by atoms with Crippen LogP contribution < -0.4 is 5.32 Å². The minimum absolute atomic E-state index is 0.474. The maximum Gasteiger partial charge on any atom is 0.0502 e. The summed E-state index contributed by atoms with van der Waals surface area (Å²) in [6.07, 6.45) is 2.11. The molecule has 1 atom stereocenters. The molecule has 0 spiro atoms. The van der Waals surface area contributed by atoms with Gasteiger partial charge in [0.1, 0.15) is 0 Å². The van der Waals surface area contributed by atoms with Gasteiger partial charge in [0.25, 0.3) is 0 Å². The molecule has 1 aromatic rings. The Hall–Kier alpha value is -0.860. The second-order valence-corrected chi connectivity index (χ2v) is 3.73. The van der Waals surface area contributed by atoms with Gasteiger partial charge in [-0.25, -0.2) is 0 Å². The van der Waals surface area contributed by atoms with E-state index in [1.54, 1.807) is 7.11 Å². The number of hydrogen-bond acceptors (Lipinski definition) is 2. The van der Waals surface area contributed by atoms with Gasteiger partial charge < -0.3 is 10.1 Å². The summed E-state index contributed by atoms with van der Waals surface area (Å²) in [5, 5.41) is 3.31. The zero-order valence-electron chi connectivity index (χ0n) is 9.92. The van der Waals surface area contributed by atoms with E-state index in [9.17, 15) is 0 Å². The molecule has 0 aliphatic rings. The molecular formula is C13H21NO. The monoisotopic (exact) mass is 207 g/mol. The summed E-state index contributed by atoms with van der Waals surface area (Å²) in [6.45, 7) is 2.99. The van der Waals surface area contributed by atoms with Crippen LogP contribution in [0.2, 0.25) is 0 Å². The smallest absolute Gasteiger partial charge is 0.0502 e. The maximum absolute atomic E-state index is 5.05. The number of rotatable bonds is 6. The van der Waals surface area contributed by atoms with Gasteiger partial charge in [0.15, 0.2) is 0 Å². The van der Waals surface area contributed by atoms with Crippen LogP contribution in [-0.4, -0.2) is 20.8 Å². The fourth-order valence-electron chi connectivity index (χ4n) is 1.74. The second-order valence-electron chi connectivity index (χ2n) is 3.73. The summed E-state index contributed by atoms with van der Waals surface area (Å²) in [4.78, 5) is 0. The Morgan fingerprint density at radius 1 is 1.27 bits per heavy atom. The molecule has 0 radical (unpaired) electrons. The molecular weight excluding hydrogens is 186 g/mol. The third-order valence-electron chi connectivity index (χ3n) is 2.73. The van der Waals surface area contributed by atoms with E-state index in [0.29, 0.717) is 6.04 Å². The lowest BCUT2D eigenvalue weighted by Crippen LogP contribution is -2.15. The van der Waals surface area contributed by atoms with E-state index in [1.165, 1.54) is 11.1 Å². The molecule has 15 heavy (non-hydrogen) atoms. The average Bonchev–Trinajstić information content (AvgIpc) is 2.29. The van der Waals surface area contributed by atoms with E-state index >= 15 is 0 Å². The first kappa shape index (κ1) is 12.2. The van der Waals surface area contributed by atoms with Gasteiger partial charge in [-0.3, -0.25) is 0 Å². The van der Waals surface area contributed by atoms with Crippen molar-refractivity contribution in [1.82, 2.24) is 5.32 Å². The molecule has 1 rings (SSSR count). The average molecular weight is 207 g/mol. The molecule has 0 aliphatic heterocycles. The summed E-state index contributed by atoms with van der Waals surface area (Å²) in [7, 11) is 3.75. The van der Waals surface area contributed by atoms with Crippen molar-refractivity contribution < 1.29 is 4.74 Å². The van der Waals surface area contributed by atoms with Crippen LogP contribution in [0.25, 0.3) is 0 Å². The minimum Gasteiger partial charge on any atom is -0.384 e. The number of ether oxygens (including phenoxy) is 1. The Balaban J connectivity index is 2.62. The van der Waals surface area contributed by atoms with Crippen molar-refractivity contribution in [1.29, 1.82) is 0 Å². The van der Waals surface area contributed by atoms with Crippen molar-refractivity contribution in [3.05, 3.63) is 35.4 Å². The molecule has 1 unspecified atom stereocenters. The topological polar surface area (TPSA) is 21.3 Å². The normalized spacial score (nSPS) is 12.7. The number of benzene rings is 1. The molecule has 2 heteroatoms. The molecule has 0 aliphatic carbocycles. The predicted molar refractivity (Wildman–Crippen MR) is 64.1 cm³/mol. The SMILES string of the molecule is CCC(NC)c1ccc(CCOC)cc1. The van der Waals surface area contributed by atoms with Gasteiger partial charge in [0.2, 0.25) is 0 Å². The Bertz CT molecular complexity index is 264. The van der Waals surface area contributed by atoms with Crippen molar-refractivity contribution in [2.45, 2.75) is 25.8 Å². The third-order valence-corrected chi connectivity index (χ3v) is 2.73. The summed E-state index contributed by atoms with van der Waals surface area (Å²) in [6, 6.07) is 9.26. The molecule has 0 heterocycles. The van der Waals surface area contributed by atoms with Crippen molar-refractivity contribution in [3.8, 4) is 0 Å². The highest BCUT2D eigenvalue weighted by Gasteiger charge is 2.05. The van der Waals surface area contributed by atoms with Gasteiger partial charge in [0.05, 0.1) is 6.61 Å². The molecule has 1 N–H and O–H groups in total. The molecule has 2 nitrogen and oxygen atoms in total. The van der Waals surface area contributed by atoms with E-state index in [4.69, 9.17) is 4.74 Å². The highest BCUT2D eigenvalue weighted by molar-refractivity contribution is 5.25. The molecule has 0 fully saturated rings. The van der Waals surface area contributed by atoms with Crippen LogP contribution in [0, 0.1) is 0 Å². The van der Waals surface area contributed by atoms with Crippen molar-refractivity contribution in [2.24, 2.45) is 0 Å². The Kier molecular flexibility index (Phi) is 5.37. The van der Waals surface area contributed by atoms with Crippen molar-refractivity contribution >= 4 is 0 Å². The Morgan fingerprint density at radius 2 is 1.93 bits per heavy atom. The first-order valence-corrected chi connectivity index (χ1v) is 5.56. The second kappa shape index (κ2) is 6.59. The van der Waals surface area contributed by atoms with Crippen LogP contribution in [0.5, 0.6) is 0 Å². The van der Waals surface area contributed by atoms with Crippen LogP contribution in [0.4, 0.5) is 0 Å². The highest BCUT2D eigenvalue weighted by atomic mass is 16.5. The summed E-state index contributed by atoms with van der Waals surface area (Å²) in [5.41, 5.74) is 2.70. The Labute approximate surface area is 92.6 Å². The van der Waals surface area contributed by atoms with Gasteiger partial charge in [-0.1, -0.05) is 31.2 Å². The van der Waals surface area contributed by atoms with Gasteiger partial charge in [-0.2, -0.15) is 0 Å². The molecule has 0 saturated carbocycles. The number of methoxy groups -OCH3 is 1. The van der Waals surface area contributed by atoms with Crippen LogP contribution in [0.15, 0.2) is 24.3 Å². The minimum atomic E-state index is 0.474. The standard InChI is InChI=1S/C13H21NO/c1-4-13(14-2)12-7-5-11(6-8-12)9-10-15-3/h5-8,13-14H,4,9-10H2,1-3H3. The molecule has 1 aromatic carbocycles. The van der Waals surface area contributed by atoms with E-state index in [-0.39, 0.29) is 0 Å². The summed E-state index contributed by atoms with van der Waals surface area (Å²) >= 11 is 0. The van der Waals surface area contributed by atoms with Gasteiger partial charge in [-0.15, -0.1) is 0 Å². The zero-order valence-corrected chi connectivity index (χ0v) is 9.92. The zero-order chi connectivity index (χ0) is 11.1. The van der Waals surface area contributed by atoms with Crippen LogP contribution in [-0.2, 0) is 11.2 Å². The van der Waals surface area contributed by atoms with Crippen molar-refractivity contribution in [2.75, 3.05) is 20.8 Å². The lowest BCUT2D eigenvalue weighted by molar-refractivity contribution is 0.202. The fraction of sp³-hybridized carbons (Fsp3) is 0.538. The van der Waals surface area contributed by atoms with Crippen molar-refractivity contribution in [3.63, 3.8) is 0 Å². The summed E-state index contributed by atoms with van der Waals surface area (Å²) in [5.74, 6) is 0. The van der Waals surface area contributed by atoms with Crippen LogP contribution in [0.3, 0.4) is 0 Å². The van der Waals surface area contributed by atoms with Gasteiger partial charge in [0, 0.05) is 13.2 Å².